The molecule has 0 heterocycles. The van der Waals surface area contributed by atoms with Crippen LogP contribution in [-0.4, -0.2) is 12.9 Å². The molecule has 2 heteroatoms. The van der Waals surface area contributed by atoms with Crippen LogP contribution in [0.25, 0.3) is 5.57 Å². The third-order valence-corrected chi connectivity index (χ3v) is 4.01. The zero-order valence-electron chi connectivity index (χ0n) is 12.5. The van der Waals surface area contributed by atoms with Crippen LogP contribution in [0.4, 0.5) is 0 Å². The Morgan fingerprint density at radius 2 is 1.76 bits per heavy atom. The van der Waals surface area contributed by atoms with Crippen LogP contribution in [0.5, 0.6) is 5.75 Å². The van der Waals surface area contributed by atoms with Crippen LogP contribution in [-0.2, 0) is 0 Å². The van der Waals surface area contributed by atoms with Gasteiger partial charge < -0.3 is 4.74 Å². The van der Waals surface area contributed by atoms with E-state index < -0.39 is 0 Å². The van der Waals surface area contributed by atoms with Crippen molar-refractivity contribution >= 4 is 11.4 Å². The standard InChI is InChI=1S/C19H18O2/c1-12-4-9-16-13(2)11-17(19(20)18(16)10-12)14-5-7-15(21-3)8-6-14/h4-11,13H,1-3H3. The number of carbonyl (C=O) groups excluding carboxylic acids is 1. The molecule has 1 unspecified atom stereocenters. The van der Waals surface area contributed by atoms with Gasteiger partial charge in [0.05, 0.1) is 7.11 Å². The highest BCUT2D eigenvalue weighted by Gasteiger charge is 2.25. The van der Waals surface area contributed by atoms with E-state index in [-0.39, 0.29) is 11.7 Å². The van der Waals surface area contributed by atoms with Gasteiger partial charge in [0.25, 0.3) is 0 Å². The smallest absolute Gasteiger partial charge is 0.193 e. The number of rotatable bonds is 2. The second kappa shape index (κ2) is 5.21. The number of ketones is 1. The summed E-state index contributed by atoms with van der Waals surface area (Å²) in [7, 11) is 1.64. The van der Waals surface area contributed by atoms with E-state index in [1.165, 1.54) is 0 Å². The minimum atomic E-state index is 0.108. The van der Waals surface area contributed by atoms with Crippen LogP contribution in [0.15, 0.2) is 48.5 Å². The van der Waals surface area contributed by atoms with E-state index in [9.17, 15) is 4.79 Å². The Morgan fingerprint density at radius 1 is 1.05 bits per heavy atom. The molecular formula is C19H18O2. The molecule has 0 N–H and O–H groups in total. The molecule has 0 aromatic heterocycles. The topological polar surface area (TPSA) is 26.3 Å². The number of carbonyl (C=O) groups is 1. The number of fused-ring (bicyclic) bond motifs is 1. The Hall–Kier alpha value is -2.35. The van der Waals surface area contributed by atoms with Crippen LogP contribution in [0.1, 0.15) is 39.9 Å². The molecule has 21 heavy (non-hydrogen) atoms. The van der Waals surface area contributed by atoms with Gasteiger partial charge in [0.1, 0.15) is 5.75 Å². The van der Waals surface area contributed by atoms with Crippen molar-refractivity contribution in [2.24, 2.45) is 0 Å². The summed E-state index contributed by atoms with van der Waals surface area (Å²) in [5.74, 6) is 1.15. The van der Waals surface area contributed by atoms with Gasteiger partial charge in [-0.3, -0.25) is 4.79 Å². The number of hydrogen-bond acceptors (Lipinski definition) is 2. The van der Waals surface area contributed by atoms with Crippen LogP contribution < -0.4 is 4.74 Å². The Kier molecular flexibility index (Phi) is 3.38. The van der Waals surface area contributed by atoms with Gasteiger partial charge in [-0.2, -0.15) is 0 Å². The first-order valence-corrected chi connectivity index (χ1v) is 7.11. The fourth-order valence-corrected chi connectivity index (χ4v) is 2.82. The Labute approximate surface area is 125 Å². The van der Waals surface area contributed by atoms with E-state index >= 15 is 0 Å². The monoisotopic (exact) mass is 278 g/mol. The maximum absolute atomic E-state index is 12.8. The van der Waals surface area contributed by atoms with Crippen LogP contribution in [0.3, 0.4) is 0 Å². The summed E-state index contributed by atoms with van der Waals surface area (Å²) in [6, 6.07) is 13.8. The van der Waals surface area contributed by atoms with Gasteiger partial charge in [-0.1, -0.05) is 42.8 Å². The molecule has 3 rings (SSSR count). The van der Waals surface area contributed by atoms with Crippen molar-refractivity contribution in [2.45, 2.75) is 19.8 Å². The molecule has 106 valence electrons. The van der Waals surface area contributed by atoms with Crippen molar-refractivity contribution in [1.82, 2.24) is 0 Å². The van der Waals surface area contributed by atoms with Crippen molar-refractivity contribution in [3.63, 3.8) is 0 Å². The fraction of sp³-hybridized carbons (Fsp3) is 0.211. The molecular weight excluding hydrogens is 260 g/mol. The first kappa shape index (κ1) is 13.6. The lowest BCUT2D eigenvalue weighted by molar-refractivity contribution is 0.105. The average Bonchev–Trinajstić information content (AvgIpc) is 2.51. The first-order chi connectivity index (χ1) is 10.1. The molecule has 1 atom stereocenters. The number of aryl methyl sites for hydroxylation is 1. The molecule has 1 aliphatic carbocycles. The molecule has 0 saturated carbocycles. The van der Waals surface area contributed by atoms with Crippen LogP contribution in [0, 0.1) is 6.92 Å². The van der Waals surface area contributed by atoms with Crippen molar-refractivity contribution < 1.29 is 9.53 Å². The molecule has 2 nitrogen and oxygen atoms in total. The largest absolute Gasteiger partial charge is 0.497 e. The van der Waals surface area contributed by atoms with Gasteiger partial charge in [0.2, 0.25) is 0 Å². The quantitative estimate of drug-likeness (QED) is 0.814. The number of ether oxygens (including phenoxy) is 1. The van der Waals surface area contributed by atoms with Gasteiger partial charge in [0.15, 0.2) is 5.78 Å². The summed E-state index contributed by atoms with van der Waals surface area (Å²) in [4.78, 5) is 12.8. The van der Waals surface area contributed by atoms with Gasteiger partial charge in [-0.25, -0.2) is 0 Å². The minimum absolute atomic E-state index is 0.108. The molecule has 0 bridgehead atoms. The van der Waals surface area contributed by atoms with Crippen LogP contribution in [0.2, 0.25) is 0 Å². The molecule has 2 aromatic rings. The normalized spacial score (nSPS) is 17.2. The van der Waals surface area contributed by atoms with Gasteiger partial charge >= 0.3 is 0 Å². The second-order valence-corrected chi connectivity index (χ2v) is 5.52. The third kappa shape index (κ3) is 2.38. The first-order valence-electron chi connectivity index (χ1n) is 7.11. The molecule has 0 spiro atoms. The van der Waals surface area contributed by atoms with Crippen LogP contribution >= 0.6 is 0 Å². The average molecular weight is 278 g/mol. The van der Waals surface area contributed by atoms with Gasteiger partial charge in [0, 0.05) is 17.1 Å². The second-order valence-electron chi connectivity index (χ2n) is 5.52. The van der Waals surface area contributed by atoms with Crippen molar-refractivity contribution in [3.8, 4) is 5.75 Å². The lowest BCUT2D eigenvalue weighted by Crippen LogP contribution is -2.14. The summed E-state index contributed by atoms with van der Waals surface area (Å²) in [5.41, 5.74) is 4.78. The van der Waals surface area contributed by atoms with Crippen molar-refractivity contribution in [1.29, 1.82) is 0 Å². The Balaban J connectivity index is 2.06. The maximum atomic E-state index is 12.8. The summed E-state index contributed by atoms with van der Waals surface area (Å²) < 4.78 is 5.17. The zero-order chi connectivity index (χ0) is 15.0. The highest BCUT2D eigenvalue weighted by atomic mass is 16.5. The minimum Gasteiger partial charge on any atom is -0.497 e. The van der Waals surface area contributed by atoms with E-state index in [2.05, 4.69) is 25.1 Å². The molecule has 0 saturated heterocycles. The molecule has 0 amide bonds. The molecule has 2 aromatic carbocycles. The summed E-state index contributed by atoms with van der Waals surface area (Å²) in [6.45, 7) is 4.15. The van der Waals surface area contributed by atoms with E-state index in [0.717, 1.165) is 33.6 Å². The summed E-state index contributed by atoms with van der Waals surface area (Å²) >= 11 is 0. The third-order valence-electron chi connectivity index (χ3n) is 4.01. The number of benzene rings is 2. The van der Waals surface area contributed by atoms with Gasteiger partial charge in [-0.15, -0.1) is 0 Å². The number of allylic oxidation sites excluding steroid dienone is 2. The van der Waals surface area contributed by atoms with Crippen molar-refractivity contribution in [2.75, 3.05) is 7.11 Å². The lowest BCUT2D eigenvalue weighted by atomic mass is 9.81. The highest BCUT2D eigenvalue weighted by molar-refractivity contribution is 6.30. The van der Waals surface area contributed by atoms with E-state index in [1.807, 2.05) is 37.3 Å². The Bertz CT molecular complexity index is 724. The molecule has 0 fully saturated rings. The zero-order valence-corrected chi connectivity index (χ0v) is 12.5. The van der Waals surface area contributed by atoms with Crippen molar-refractivity contribution in [3.05, 3.63) is 70.8 Å². The molecule has 1 aliphatic rings. The predicted molar refractivity (Wildman–Crippen MR) is 84.9 cm³/mol. The number of hydrogen-bond donors (Lipinski definition) is 0. The fourth-order valence-electron chi connectivity index (χ4n) is 2.82. The summed E-state index contributed by atoms with van der Waals surface area (Å²) in [6.07, 6.45) is 2.06. The van der Waals surface area contributed by atoms with E-state index in [1.54, 1.807) is 7.11 Å². The predicted octanol–water partition coefficient (Wildman–Crippen LogP) is 4.39. The SMILES string of the molecule is COc1ccc(C2=CC(C)c3ccc(C)cc3C2=O)cc1. The summed E-state index contributed by atoms with van der Waals surface area (Å²) in [5, 5.41) is 0. The number of Topliss-reactive ketones (excluding diaryl/α,β-unsaturated/α-hetero) is 1. The van der Waals surface area contributed by atoms with E-state index in [4.69, 9.17) is 4.74 Å². The molecule has 0 aliphatic heterocycles. The lowest BCUT2D eigenvalue weighted by Gasteiger charge is -2.21. The van der Waals surface area contributed by atoms with Gasteiger partial charge in [-0.05, 0) is 36.2 Å². The van der Waals surface area contributed by atoms with E-state index in [0.29, 0.717) is 0 Å². The molecule has 0 radical (unpaired) electrons. The Morgan fingerprint density at radius 3 is 2.43 bits per heavy atom. The highest BCUT2D eigenvalue weighted by Crippen LogP contribution is 2.35. The number of methoxy groups -OCH3 is 1. The maximum Gasteiger partial charge on any atom is 0.193 e.